The second kappa shape index (κ2) is 6.14. The molecule has 0 amide bonds. The molecule has 4 heteroatoms. The lowest BCUT2D eigenvalue weighted by Crippen LogP contribution is -2.08. The van der Waals surface area contributed by atoms with E-state index in [1.807, 2.05) is 23.9 Å². The van der Waals surface area contributed by atoms with Crippen molar-refractivity contribution in [1.82, 2.24) is 0 Å². The van der Waals surface area contributed by atoms with Gasteiger partial charge in [-0.2, -0.15) is 0 Å². The van der Waals surface area contributed by atoms with Gasteiger partial charge in [0.25, 0.3) is 0 Å². The molecule has 3 nitrogen and oxygen atoms in total. The highest BCUT2D eigenvalue weighted by atomic mass is 32.2. The van der Waals surface area contributed by atoms with Crippen LogP contribution < -0.4 is 10.1 Å². The maximum Gasteiger partial charge on any atom is 0.161 e. The Balaban J connectivity index is 2.02. The minimum Gasteiger partial charge on any atom is -0.497 e. The van der Waals surface area contributed by atoms with Gasteiger partial charge < -0.3 is 10.1 Å². The number of hydrogen-bond acceptors (Lipinski definition) is 4. The van der Waals surface area contributed by atoms with Gasteiger partial charge in [0, 0.05) is 17.0 Å². The smallest absolute Gasteiger partial charge is 0.161 e. The second-order valence-corrected chi connectivity index (χ2v) is 5.77. The van der Waals surface area contributed by atoms with Crippen LogP contribution in [0.5, 0.6) is 5.75 Å². The Labute approximate surface area is 113 Å². The maximum atomic E-state index is 5.25. The van der Waals surface area contributed by atoms with Crippen molar-refractivity contribution in [3.05, 3.63) is 23.8 Å². The third-order valence-corrected chi connectivity index (χ3v) is 4.19. The first kappa shape index (κ1) is 13.3. The summed E-state index contributed by atoms with van der Waals surface area (Å²) in [4.78, 5) is 4.56. The molecule has 1 aromatic rings. The molecule has 0 bridgehead atoms. The zero-order valence-electron chi connectivity index (χ0n) is 11.2. The molecule has 1 aromatic carbocycles. The number of benzene rings is 1. The number of aryl methyl sites for hydroxylation is 1. The molecular weight excluding hydrogens is 244 g/mol. The number of nitrogens with zero attached hydrogens (tertiary/aromatic N) is 1. The molecule has 1 heterocycles. The van der Waals surface area contributed by atoms with Crippen LogP contribution in [0, 0.1) is 6.92 Å². The molecule has 0 saturated carbocycles. The Morgan fingerprint density at radius 1 is 1.50 bits per heavy atom. The molecule has 1 atom stereocenters. The van der Waals surface area contributed by atoms with E-state index < -0.39 is 0 Å². The summed E-state index contributed by atoms with van der Waals surface area (Å²) in [5, 5.41) is 5.08. The van der Waals surface area contributed by atoms with Gasteiger partial charge in [0.1, 0.15) is 5.75 Å². The molecule has 0 fully saturated rings. The van der Waals surface area contributed by atoms with Crippen LogP contribution in [0.1, 0.15) is 25.3 Å². The van der Waals surface area contributed by atoms with E-state index in [0.717, 1.165) is 23.1 Å². The van der Waals surface area contributed by atoms with Crippen molar-refractivity contribution in [2.45, 2.75) is 31.9 Å². The van der Waals surface area contributed by atoms with Crippen molar-refractivity contribution in [1.29, 1.82) is 0 Å². The Bertz CT molecular complexity index is 445. The van der Waals surface area contributed by atoms with Crippen LogP contribution >= 0.6 is 11.8 Å². The van der Waals surface area contributed by atoms with Gasteiger partial charge >= 0.3 is 0 Å². The first-order valence-corrected chi connectivity index (χ1v) is 7.23. The van der Waals surface area contributed by atoms with Crippen LogP contribution in [-0.2, 0) is 0 Å². The summed E-state index contributed by atoms with van der Waals surface area (Å²) < 4.78 is 5.25. The normalized spacial score (nSPS) is 18.6. The lowest BCUT2D eigenvalue weighted by atomic mass is 10.2. The molecule has 0 aliphatic carbocycles. The van der Waals surface area contributed by atoms with Gasteiger partial charge in [0.05, 0.1) is 13.7 Å². The summed E-state index contributed by atoms with van der Waals surface area (Å²) in [5.41, 5.74) is 2.29. The van der Waals surface area contributed by atoms with Crippen LogP contribution in [0.15, 0.2) is 23.2 Å². The van der Waals surface area contributed by atoms with E-state index in [4.69, 9.17) is 4.74 Å². The zero-order chi connectivity index (χ0) is 13.0. The van der Waals surface area contributed by atoms with Gasteiger partial charge in [-0.15, -0.1) is 0 Å². The van der Waals surface area contributed by atoms with E-state index in [9.17, 15) is 0 Å². The van der Waals surface area contributed by atoms with Crippen LogP contribution in [0.25, 0.3) is 0 Å². The topological polar surface area (TPSA) is 33.6 Å². The lowest BCUT2D eigenvalue weighted by molar-refractivity contribution is 0.415. The Morgan fingerprint density at radius 2 is 2.33 bits per heavy atom. The monoisotopic (exact) mass is 264 g/mol. The van der Waals surface area contributed by atoms with Crippen LogP contribution in [0.3, 0.4) is 0 Å². The number of methoxy groups -OCH3 is 1. The maximum absolute atomic E-state index is 5.25. The van der Waals surface area contributed by atoms with Crippen molar-refractivity contribution < 1.29 is 4.74 Å². The van der Waals surface area contributed by atoms with Gasteiger partial charge in [-0.05, 0) is 25.0 Å². The van der Waals surface area contributed by atoms with Crippen molar-refractivity contribution >= 4 is 22.6 Å². The molecule has 1 aliphatic heterocycles. The number of ether oxygens (including phenoxy) is 1. The van der Waals surface area contributed by atoms with E-state index in [-0.39, 0.29) is 0 Å². The van der Waals surface area contributed by atoms with E-state index in [0.29, 0.717) is 5.25 Å². The van der Waals surface area contributed by atoms with Gasteiger partial charge in [-0.25, -0.2) is 0 Å². The van der Waals surface area contributed by atoms with Crippen molar-refractivity contribution in [2.75, 3.05) is 19.0 Å². The average Bonchev–Trinajstić information content (AvgIpc) is 2.80. The molecular formula is C14H20N2OS. The number of nitrogens with one attached hydrogen (secondary N) is 1. The van der Waals surface area contributed by atoms with E-state index in [1.54, 1.807) is 7.11 Å². The van der Waals surface area contributed by atoms with Crippen LogP contribution in [-0.4, -0.2) is 24.1 Å². The predicted octanol–water partition coefficient (Wildman–Crippen LogP) is 3.69. The molecule has 0 spiro atoms. The summed E-state index contributed by atoms with van der Waals surface area (Å²) in [6.07, 6.45) is 2.45. The minimum atomic E-state index is 0.642. The minimum absolute atomic E-state index is 0.642. The molecule has 98 valence electrons. The fraction of sp³-hybridized carbons (Fsp3) is 0.500. The summed E-state index contributed by atoms with van der Waals surface area (Å²) in [6.45, 7) is 5.24. The molecule has 1 aliphatic rings. The number of amidine groups is 1. The van der Waals surface area contributed by atoms with Crippen LogP contribution in [0.4, 0.5) is 5.69 Å². The van der Waals surface area contributed by atoms with Crippen LogP contribution in [0.2, 0.25) is 0 Å². The predicted molar refractivity (Wildman–Crippen MR) is 79.9 cm³/mol. The third-order valence-electron chi connectivity index (χ3n) is 3.01. The zero-order valence-corrected chi connectivity index (χ0v) is 12.0. The van der Waals surface area contributed by atoms with Gasteiger partial charge in [0.2, 0.25) is 0 Å². The Morgan fingerprint density at radius 3 is 3.06 bits per heavy atom. The molecule has 0 radical (unpaired) electrons. The second-order valence-electron chi connectivity index (χ2n) is 4.48. The number of aliphatic imine (C=N–C) groups is 1. The summed E-state index contributed by atoms with van der Waals surface area (Å²) in [6, 6.07) is 6.06. The van der Waals surface area contributed by atoms with Crippen molar-refractivity contribution in [3.8, 4) is 5.75 Å². The van der Waals surface area contributed by atoms with E-state index in [1.165, 1.54) is 18.4 Å². The molecule has 18 heavy (non-hydrogen) atoms. The molecule has 1 N–H and O–H groups in total. The fourth-order valence-corrected chi connectivity index (χ4v) is 3.07. The average molecular weight is 264 g/mol. The summed E-state index contributed by atoms with van der Waals surface area (Å²) in [7, 11) is 1.69. The highest BCUT2D eigenvalue weighted by Gasteiger charge is 2.19. The number of rotatable bonds is 4. The first-order valence-electron chi connectivity index (χ1n) is 6.35. The van der Waals surface area contributed by atoms with E-state index >= 15 is 0 Å². The fourth-order valence-electron chi connectivity index (χ4n) is 1.94. The quantitative estimate of drug-likeness (QED) is 0.900. The number of thioether (sulfide) groups is 1. The summed E-state index contributed by atoms with van der Waals surface area (Å²) in [5.74, 6) is 0.872. The SMILES string of the molecule is CCCC1CN=C(Nc2cc(OC)ccc2C)S1. The number of anilines is 1. The Hall–Kier alpha value is -1.16. The molecule has 0 saturated heterocycles. The van der Waals surface area contributed by atoms with Gasteiger partial charge in [0.15, 0.2) is 5.17 Å². The van der Waals surface area contributed by atoms with Crippen molar-refractivity contribution in [3.63, 3.8) is 0 Å². The van der Waals surface area contributed by atoms with Crippen molar-refractivity contribution in [2.24, 2.45) is 4.99 Å². The standard InChI is InChI=1S/C14H20N2OS/c1-4-5-12-9-15-14(18-12)16-13-8-11(17-3)7-6-10(13)2/h6-8,12H,4-5,9H2,1-3H3,(H,15,16). The molecule has 2 rings (SSSR count). The third kappa shape index (κ3) is 3.19. The summed E-state index contributed by atoms with van der Waals surface area (Å²) >= 11 is 1.85. The number of hydrogen-bond donors (Lipinski definition) is 1. The lowest BCUT2D eigenvalue weighted by Gasteiger charge is -2.11. The molecule has 0 aromatic heterocycles. The Kier molecular flexibility index (Phi) is 4.53. The largest absolute Gasteiger partial charge is 0.497 e. The van der Waals surface area contributed by atoms with Gasteiger partial charge in [-0.1, -0.05) is 31.2 Å². The van der Waals surface area contributed by atoms with E-state index in [2.05, 4.69) is 30.2 Å². The highest BCUT2D eigenvalue weighted by Crippen LogP contribution is 2.28. The first-order chi connectivity index (χ1) is 8.72. The van der Waals surface area contributed by atoms with Gasteiger partial charge in [-0.3, -0.25) is 4.99 Å². The molecule has 1 unspecified atom stereocenters. The highest BCUT2D eigenvalue weighted by molar-refractivity contribution is 8.15.